The molecule has 0 saturated carbocycles. The number of rotatable bonds is 3. The fourth-order valence-corrected chi connectivity index (χ4v) is 9.82. The SMILES string of the molecule is O=c1c2ccccc2c2cc(-c3ccc4cc(-n5c6ccccc6c6cc7c8ccccc8n(-c8ccccc8)c7cc65)ccc4c3)cc3c4ccccc4n1c23. The van der Waals surface area contributed by atoms with Crippen LogP contribution in [0.3, 0.4) is 0 Å². The molecule has 264 valence electrons. The predicted octanol–water partition coefficient (Wildman–Crippen LogP) is 13.2. The van der Waals surface area contributed by atoms with E-state index in [9.17, 15) is 4.79 Å². The summed E-state index contributed by atoms with van der Waals surface area (Å²) in [5, 5.41) is 12.4. The Kier molecular flexibility index (Phi) is 6.01. The van der Waals surface area contributed by atoms with Crippen LogP contribution in [0.2, 0.25) is 0 Å². The second kappa shape index (κ2) is 11.2. The molecule has 0 N–H and O–H groups in total. The van der Waals surface area contributed by atoms with Gasteiger partial charge in [0, 0.05) is 54.5 Å². The van der Waals surface area contributed by atoms with Crippen LogP contribution in [0.25, 0.3) is 115 Å². The Morgan fingerprint density at radius 1 is 0.298 bits per heavy atom. The number of benzene rings is 9. The van der Waals surface area contributed by atoms with Crippen LogP contribution in [-0.4, -0.2) is 13.5 Å². The highest BCUT2D eigenvalue weighted by molar-refractivity contribution is 6.22. The van der Waals surface area contributed by atoms with Crippen molar-refractivity contribution in [3.8, 4) is 22.5 Å². The lowest BCUT2D eigenvalue weighted by molar-refractivity contribution is 1.17. The summed E-state index contributed by atoms with van der Waals surface area (Å²) in [6.45, 7) is 0. The molecule has 0 saturated heterocycles. The average molecular weight is 726 g/mol. The van der Waals surface area contributed by atoms with Crippen molar-refractivity contribution in [1.29, 1.82) is 0 Å². The van der Waals surface area contributed by atoms with E-state index < -0.39 is 0 Å². The van der Waals surface area contributed by atoms with E-state index in [1.807, 2.05) is 28.7 Å². The fraction of sp³-hybridized carbons (Fsp3) is 0. The van der Waals surface area contributed by atoms with Crippen molar-refractivity contribution < 1.29 is 0 Å². The van der Waals surface area contributed by atoms with Gasteiger partial charge in [0.15, 0.2) is 0 Å². The van der Waals surface area contributed by atoms with Crippen LogP contribution in [0.4, 0.5) is 0 Å². The Labute approximate surface area is 325 Å². The molecule has 0 radical (unpaired) electrons. The number of aromatic nitrogens is 3. The van der Waals surface area contributed by atoms with Crippen LogP contribution < -0.4 is 5.56 Å². The molecule has 13 aromatic rings. The molecule has 4 heterocycles. The van der Waals surface area contributed by atoms with Gasteiger partial charge in [-0.1, -0.05) is 109 Å². The Hall–Kier alpha value is -7.69. The van der Waals surface area contributed by atoms with Gasteiger partial charge in [0.25, 0.3) is 5.56 Å². The van der Waals surface area contributed by atoms with Crippen molar-refractivity contribution in [3.63, 3.8) is 0 Å². The summed E-state index contributed by atoms with van der Waals surface area (Å²) >= 11 is 0. The number of fused-ring (bicyclic) bond motifs is 12. The van der Waals surface area contributed by atoms with E-state index in [1.54, 1.807) is 0 Å². The zero-order valence-electron chi connectivity index (χ0n) is 30.6. The first-order chi connectivity index (χ1) is 28.2. The van der Waals surface area contributed by atoms with Gasteiger partial charge >= 0.3 is 0 Å². The average Bonchev–Trinajstić information content (AvgIpc) is 3.90. The molecule has 0 bridgehead atoms. The molecule has 0 fully saturated rings. The second-order valence-corrected chi connectivity index (χ2v) is 15.3. The summed E-state index contributed by atoms with van der Waals surface area (Å²) in [5.41, 5.74) is 11.3. The van der Waals surface area contributed by atoms with Gasteiger partial charge in [-0.15, -0.1) is 0 Å². The molecule has 0 amide bonds. The highest BCUT2D eigenvalue weighted by Crippen LogP contribution is 2.41. The highest BCUT2D eigenvalue weighted by Gasteiger charge is 2.20. The Balaban J connectivity index is 1.02. The third kappa shape index (κ3) is 4.13. The molecule has 0 spiro atoms. The Bertz CT molecular complexity index is 3890. The molecule has 57 heavy (non-hydrogen) atoms. The van der Waals surface area contributed by atoms with Crippen LogP contribution in [0, 0.1) is 0 Å². The van der Waals surface area contributed by atoms with Crippen LogP contribution in [0.5, 0.6) is 0 Å². The van der Waals surface area contributed by atoms with Gasteiger partial charge in [0.1, 0.15) is 0 Å². The minimum absolute atomic E-state index is 0.0322. The molecule has 13 rings (SSSR count). The predicted molar refractivity (Wildman–Crippen MR) is 239 cm³/mol. The zero-order valence-corrected chi connectivity index (χ0v) is 30.6. The van der Waals surface area contributed by atoms with E-state index in [0.29, 0.717) is 0 Å². The monoisotopic (exact) mass is 725 g/mol. The second-order valence-electron chi connectivity index (χ2n) is 15.3. The minimum Gasteiger partial charge on any atom is -0.309 e. The smallest absolute Gasteiger partial charge is 0.263 e. The lowest BCUT2D eigenvalue weighted by Gasteiger charge is -2.12. The highest BCUT2D eigenvalue weighted by atomic mass is 16.1. The standard InChI is InChI=1S/C53H31N3O/c57-53-42-18-5-4-14-38(42)45-28-35(29-46-41-17-8-11-21-49(41)56(53)52(45)46)33-22-23-34-27-37(25-24-32(34)26-33)55-48-20-10-7-16-40(48)44-30-43-39-15-6-9-19-47(39)54(50(43)31-51(44)55)36-12-2-1-3-13-36/h1-31H. The fourth-order valence-electron chi connectivity index (χ4n) is 9.82. The first-order valence-electron chi connectivity index (χ1n) is 19.5. The number of hydrogen-bond donors (Lipinski definition) is 0. The van der Waals surface area contributed by atoms with Gasteiger partial charge < -0.3 is 9.13 Å². The van der Waals surface area contributed by atoms with E-state index in [2.05, 4.69) is 173 Å². The molecular formula is C53H31N3O. The van der Waals surface area contributed by atoms with Gasteiger partial charge in [-0.3, -0.25) is 9.20 Å². The summed E-state index contributed by atoms with van der Waals surface area (Å²) in [6.07, 6.45) is 0. The summed E-state index contributed by atoms with van der Waals surface area (Å²) < 4.78 is 6.74. The third-order valence-electron chi connectivity index (χ3n) is 12.3. The maximum absolute atomic E-state index is 13.9. The molecule has 0 aliphatic carbocycles. The summed E-state index contributed by atoms with van der Waals surface area (Å²) in [7, 11) is 0. The van der Waals surface area contributed by atoms with Gasteiger partial charge in [0.2, 0.25) is 0 Å². The molecule has 0 atom stereocenters. The van der Waals surface area contributed by atoms with E-state index >= 15 is 0 Å². The first kappa shape index (κ1) is 30.6. The molecule has 0 unspecified atom stereocenters. The van der Waals surface area contributed by atoms with Crippen molar-refractivity contribution in [1.82, 2.24) is 13.5 Å². The van der Waals surface area contributed by atoms with E-state index in [4.69, 9.17) is 0 Å². The lowest BCUT2D eigenvalue weighted by atomic mass is 9.96. The van der Waals surface area contributed by atoms with Gasteiger partial charge in [0.05, 0.1) is 33.1 Å². The quantitative estimate of drug-likeness (QED) is 0.167. The van der Waals surface area contributed by atoms with Crippen molar-refractivity contribution >= 4 is 92.3 Å². The van der Waals surface area contributed by atoms with Crippen LogP contribution in [-0.2, 0) is 0 Å². The van der Waals surface area contributed by atoms with Crippen molar-refractivity contribution in [2.75, 3.05) is 0 Å². The summed E-state index contributed by atoms with van der Waals surface area (Å²) in [4.78, 5) is 13.9. The topological polar surface area (TPSA) is 31.3 Å². The van der Waals surface area contributed by atoms with Gasteiger partial charge in [-0.2, -0.15) is 0 Å². The van der Waals surface area contributed by atoms with Gasteiger partial charge in [-0.05, 0) is 106 Å². The maximum atomic E-state index is 13.9. The Morgan fingerprint density at radius 2 is 0.825 bits per heavy atom. The molecule has 0 aliphatic heterocycles. The van der Waals surface area contributed by atoms with Gasteiger partial charge in [-0.25, -0.2) is 0 Å². The van der Waals surface area contributed by atoms with Crippen LogP contribution in [0.15, 0.2) is 193 Å². The van der Waals surface area contributed by atoms with E-state index in [1.165, 1.54) is 54.4 Å². The summed E-state index contributed by atoms with van der Waals surface area (Å²) in [5.74, 6) is 0. The number of hydrogen-bond acceptors (Lipinski definition) is 1. The zero-order chi connectivity index (χ0) is 37.4. The van der Waals surface area contributed by atoms with E-state index in [0.717, 1.165) is 60.5 Å². The maximum Gasteiger partial charge on any atom is 0.263 e. The van der Waals surface area contributed by atoms with Crippen LogP contribution >= 0.6 is 0 Å². The molecule has 4 aromatic heterocycles. The molecule has 0 aliphatic rings. The van der Waals surface area contributed by atoms with Crippen molar-refractivity contribution in [3.05, 3.63) is 198 Å². The molecule has 4 heteroatoms. The molecular weight excluding hydrogens is 695 g/mol. The number of nitrogens with zero attached hydrogens (tertiary/aromatic N) is 3. The largest absolute Gasteiger partial charge is 0.309 e. The minimum atomic E-state index is 0.0322. The number of pyridine rings is 1. The Morgan fingerprint density at radius 3 is 1.53 bits per heavy atom. The molecule has 4 nitrogen and oxygen atoms in total. The third-order valence-corrected chi connectivity index (χ3v) is 12.3. The lowest BCUT2D eigenvalue weighted by Crippen LogP contribution is -2.12. The van der Waals surface area contributed by atoms with Crippen LogP contribution in [0.1, 0.15) is 0 Å². The van der Waals surface area contributed by atoms with E-state index in [-0.39, 0.29) is 5.56 Å². The van der Waals surface area contributed by atoms with Crippen molar-refractivity contribution in [2.24, 2.45) is 0 Å². The normalized spacial score (nSPS) is 12.3. The number of para-hydroxylation sites is 4. The first-order valence-corrected chi connectivity index (χ1v) is 19.5. The molecule has 9 aromatic carbocycles. The summed E-state index contributed by atoms with van der Waals surface area (Å²) in [6, 6.07) is 67.4. The van der Waals surface area contributed by atoms with Crippen molar-refractivity contribution in [2.45, 2.75) is 0 Å².